The number of fused-ring (bicyclic) bond motifs is 5. The van der Waals surface area contributed by atoms with Crippen LogP contribution in [-0.2, 0) is 93.4 Å². The van der Waals surface area contributed by atoms with Gasteiger partial charge >= 0.3 is 11.9 Å². The number of nitrogens with zero attached hydrogens (tertiary/aromatic N) is 11. The average molecular weight is 1860 g/mol. The summed E-state index contributed by atoms with van der Waals surface area (Å²) in [6, 6.07) is 16.7. The Kier molecular flexibility index (Phi) is 33.1. The van der Waals surface area contributed by atoms with Gasteiger partial charge in [-0.1, -0.05) is 74.5 Å². The van der Waals surface area contributed by atoms with Gasteiger partial charge in [-0.15, -0.1) is 5.10 Å². The maximum Gasteiger partial charge on any atom is 0.326 e. The molecule has 131 heavy (non-hydrogen) atoms. The topological polar surface area (TPSA) is 453 Å². The lowest BCUT2D eigenvalue weighted by Crippen LogP contribution is -2.80. The van der Waals surface area contributed by atoms with Crippen molar-refractivity contribution in [2.45, 2.75) is 208 Å². The Morgan fingerprint density at radius 3 is 2.15 bits per heavy atom. The fraction of sp³-hybridized carbons (Fsp3) is 0.581. The molecule has 38 heteroatoms. The van der Waals surface area contributed by atoms with Gasteiger partial charge in [0.25, 0.3) is 11.5 Å². The predicted molar refractivity (Wildman–Crippen MR) is 499 cm³/mol. The van der Waals surface area contributed by atoms with E-state index < -0.39 is 91.5 Å². The molecule has 0 radical (unpaired) electrons. The number of hydrogen-bond acceptors (Lipinski definition) is 31. The van der Waals surface area contributed by atoms with Crippen LogP contribution in [-0.4, -0.2) is 294 Å². The number of carbonyl (C=O) groups is 5. The van der Waals surface area contributed by atoms with Crippen LogP contribution in [0.5, 0.6) is 5.75 Å². The molecule has 1 saturated heterocycles. The molecule has 2 fully saturated rings. The highest BCUT2D eigenvalue weighted by Gasteiger charge is 2.79. The van der Waals surface area contributed by atoms with Crippen LogP contribution in [0.25, 0.3) is 22.1 Å². The molecule has 9 heterocycles. The highest BCUT2D eigenvalue weighted by molar-refractivity contribution is 8.00. The third-order valence-electron chi connectivity index (χ3n) is 26.4. The number of ketones is 2. The molecule has 710 valence electrons. The van der Waals surface area contributed by atoms with Crippen molar-refractivity contribution in [3.05, 3.63) is 153 Å². The monoisotopic (exact) mass is 1860 g/mol. The number of β-amino-alcohol motifs (C(OH)–C–C–N with tert-alkyl or cyclic N) is 1. The number of likely N-dealkylation sites (N-methyl/N-ethyl adjacent to an activating group) is 2. The normalized spacial score (nSPS) is 23.0. The standard InChI is InChI=1S/C93H130N16O19SSi2/c1-12-89(118)50-61(3)51-92(86(117)121-7,78-70(30-34-106(4)59-89)69-21-14-15-22-72(69)100-78)71-48-68(120-6)49-74-76(71)91-32-35-108-33-19-31-90(13-2,83(91)108)85(116)93(119,84(91)107(74)5)75(111)23-16-17-47-130(8,9)128-131(10,11)60-129-88-97-52-62(53-98-88)56-109-57-66(104-105-109)58-127-46-45-126-44-43-125-42-41-124-40-39-123-38-37-122-36-18-20-67(110)28-29-73(82(114)115)101-80(112)63-24-26-64(27-25-63)95-54-65-55-96-79-77(99-65)81(113)103-87(94)102-79/h14-15,19,21-22,24-27,31,48-49,52-53,55,57,61,73,83-85,95,100,116,118-119H,12-13,16-18,20,23,28-30,32-47,50-51,54,56,58-60H2,1-11H3,(H,101,112)(H,114,115)(H3,94,96,102,103,113)/t61-,73-,83-,84+,85+,89-,90+,91+,92-,93-/m0/s1. The number of hydrogen-bond donors (Lipinski definition) is 9. The molecule has 10 N–H and O–H groups in total. The molecule has 5 aromatic heterocycles. The van der Waals surface area contributed by atoms with Crippen LogP contribution in [0, 0.1) is 11.3 Å². The van der Waals surface area contributed by atoms with Crippen molar-refractivity contribution in [3.63, 3.8) is 0 Å². The first-order valence-corrected chi connectivity index (χ1v) is 52.9. The van der Waals surface area contributed by atoms with E-state index >= 15 is 9.59 Å². The summed E-state index contributed by atoms with van der Waals surface area (Å²) in [4.78, 5) is 116. The van der Waals surface area contributed by atoms with Gasteiger partial charge in [0.05, 0.1) is 130 Å². The number of aliphatic carboxylic acids is 1. The number of thioether (sulfide) groups is 1. The summed E-state index contributed by atoms with van der Waals surface area (Å²) >= 11 is 1.58. The molecular formula is C93H130N16O19SSi2. The fourth-order valence-electron chi connectivity index (χ4n) is 20.6. The van der Waals surface area contributed by atoms with Gasteiger partial charge in [0.1, 0.15) is 34.8 Å². The molecule has 10 atom stereocenters. The Morgan fingerprint density at radius 1 is 0.771 bits per heavy atom. The molecule has 4 aliphatic heterocycles. The van der Waals surface area contributed by atoms with Crippen LogP contribution in [0.1, 0.15) is 148 Å². The second-order valence-corrected chi connectivity index (χ2v) is 46.9. The third-order valence-corrected chi connectivity index (χ3v) is 36.2. The van der Waals surface area contributed by atoms with Crippen molar-refractivity contribution in [2.75, 3.05) is 148 Å². The van der Waals surface area contributed by atoms with Crippen molar-refractivity contribution in [1.82, 2.24) is 65.0 Å². The van der Waals surface area contributed by atoms with E-state index in [4.69, 9.17) is 57.7 Å². The third kappa shape index (κ3) is 22.7. The van der Waals surface area contributed by atoms with Crippen molar-refractivity contribution in [2.24, 2.45) is 11.3 Å². The van der Waals surface area contributed by atoms with Gasteiger partial charge in [-0.25, -0.2) is 29.4 Å². The largest absolute Gasteiger partial charge is 0.497 e. The summed E-state index contributed by atoms with van der Waals surface area (Å²) in [5.74, 6) is -2.66. The van der Waals surface area contributed by atoms with E-state index in [1.807, 2.05) is 56.4 Å². The number of Topliss-reactive ketones (excluding diaryl/α,β-unsaturated/α-hetero) is 2. The first-order chi connectivity index (χ1) is 62.8. The number of esters is 1. The van der Waals surface area contributed by atoms with E-state index in [9.17, 15) is 39.6 Å². The molecule has 13 rings (SSSR count). The molecule has 1 saturated carbocycles. The van der Waals surface area contributed by atoms with Gasteiger partial charge in [0, 0.05) is 132 Å². The minimum Gasteiger partial charge on any atom is -0.497 e. The summed E-state index contributed by atoms with van der Waals surface area (Å²) in [5, 5.41) is 66.5. The zero-order valence-electron chi connectivity index (χ0n) is 77.3. The van der Waals surface area contributed by atoms with E-state index in [0.29, 0.717) is 190 Å². The molecule has 1 aliphatic carbocycles. The molecule has 35 nitrogen and oxygen atoms in total. The smallest absolute Gasteiger partial charge is 0.326 e. The summed E-state index contributed by atoms with van der Waals surface area (Å²) in [6.45, 7) is 22.3. The number of nitrogens with one attached hydrogen (secondary N) is 4. The number of aliphatic hydroxyl groups excluding tert-OH is 1. The van der Waals surface area contributed by atoms with Crippen LogP contribution < -0.4 is 31.6 Å². The number of nitrogen functional groups attached to an aromatic ring is 1. The van der Waals surface area contributed by atoms with Gasteiger partial charge in [0.2, 0.25) is 5.95 Å². The summed E-state index contributed by atoms with van der Waals surface area (Å²) in [5.41, 5.74) is 6.00. The fourth-order valence-corrected chi connectivity index (χ4v) is 31.1. The Labute approximate surface area is 770 Å². The average Bonchev–Trinajstić information content (AvgIpc) is 1.47. The number of unbranched alkanes of at least 4 members (excludes halogenated alkanes) is 1. The van der Waals surface area contributed by atoms with E-state index in [1.54, 1.807) is 48.1 Å². The second kappa shape index (κ2) is 43.8. The number of aromatic amines is 2. The Bertz CT molecular complexity index is 5360. The molecule has 0 bridgehead atoms. The number of carbonyl (C=O) groups excluding carboxylic acids is 4. The van der Waals surface area contributed by atoms with Gasteiger partial charge < -0.3 is 93.6 Å². The zero-order valence-corrected chi connectivity index (χ0v) is 80.1. The van der Waals surface area contributed by atoms with Crippen molar-refractivity contribution in [3.8, 4) is 5.75 Å². The Balaban J connectivity index is 0.492. The molecule has 0 unspecified atom stereocenters. The van der Waals surface area contributed by atoms with Crippen LogP contribution >= 0.6 is 11.8 Å². The number of anilines is 3. The maximum absolute atomic E-state index is 16.1. The molecule has 1 spiro atoms. The number of aromatic nitrogens is 10. The lowest BCUT2D eigenvalue weighted by atomic mass is 9.46. The lowest BCUT2D eigenvalue weighted by molar-refractivity contribution is -0.202. The number of para-hydroxylation sites is 1. The number of benzene rings is 3. The van der Waals surface area contributed by atoms with Gasteiger partial charge in [-0.05, 0) is 163 Å². The van der Waals surface area contributed by atoms with Crippen molar-refractivity contribution in [1.29, 1.82) is 0 Å². The van der Waals surface area contributed by atoms with Crippen LogP contribution in [0.4, 0.5) is 17.3 Å². The van der Waals surface area contributed by atoms with Crippen LogP contribution in [0.15, 0.2) is 108 Å². The minimum absolute atomic E-state index is 0.0285. The first kappa shape index (κ1) is 99.1. The van der Waals surface area contributed by atoms with E-state index in [1.165, 1.54) is 25.4 Å². The quantitative estimate of drug-likeness (QED) is 0.00430. The first-order valence-electron chi connectivity index (χ1n) is 45.6. The Hall–Kier alpha value is -9.37. The van der Waals surface area contributed by atoms with Gasteiger partial charge in [-0.2, -0.15) is 4.98 Å². The maximum atomic E-state index is 16.1. The van der Waals surface area contributed by atoms with E-state index in [2.05, 4.69) is 120 Å². The number of carboxylic acid groups (broad SMARTS) is 1. The highest BCUT2D eigenvalue weighted by Crippen LogP contribution is 2.69. The minimum atomic E-state index is -2.34. The molecule has 5 aliphatic rings. The molecule has 3 aromatic carbocycles. The number of amides is 1. The summed E-state index contributed by atoms with van der Waals surface area (Å²) < 4.78 is 55.2. The lowest BCUT2D eigenvalue weighted by Gasteiger charge is -2.64. The number of ether oxygens (including phenoxy) is 8. The van der Waals surface area contributed by atoms with Gasteiger partial charge in [-0.3, -0.25) is 33.9 Å². The number of carboxylic acids is 1. The number of rotatable bonds is 48. The summed E-state index contributed by atoms with van der Waals surface area (Å²) in [7, 11) is 2.41. The highest BCUT2D eigenvalue weighted by atomic mass is 32.2. The number of aliphatic hydroxyl groups is 3. The van der Waals surface area contributed by atoms with Crippen molar-refractivity contribution < 1.29 is 86.4 Å². The van der Waals surface area contributed by atoms with E-state index in [-0.39, 0.29) is 85.7 Å². The predicted octanol–water partition coefficient (Wildman–Crippen LogP) is 8.64. The van der Waals surface area contributed by atoms with Crippen molar-refractivity contribution >= 4 is 97.2 Å². The van der Waals surface area contributed by atoms with Crippen LogP contribution in [0.3, 0.4) is 0 Å². The zero-order chi connectivity index (χ0) is 93.5. The molecular weight excluding hydrogens is 1730 g/mol. The Morgan fingerprint density at radius 2 is 1.47 bits per heavy atom. The molecule has 1 amide bonds. The molecule has 8 aromatic rings. The number of H-pyrrole nitrogens is 2. The van der Waals surface area contributed by atoms with E-state index in [0.717, 1.165) is 50.4 Å². The number of methoxy groups -OCH3 is 2. The van der Waals surface area contributed by atoms with Crippen LogP contribution in [0.2, 0.25) is 32.2 Å². The SMILES string of the molecule is CC[C@]1(O)C[C@H](C)C[C@](C(=O)OC)(c2cc(OC)cc3c2[C@@]24CCN5CC=C[C@@](CC)([C@@H](O)[C@](O)(C(=O)CCCC[Si](C)(C)O[Si](C)(C)CSc6ncc(Cn7cc(COCCOCCOCCOCCOCCOCCCC(=O)CC[C@H](NC(=O)c8ccc(NCc9cnc%10nc(N)[nH]c(=O)c%10n9)cc8)C(=O)O)nn7)cn6)[C@@H]2N3C)[C@H]54)c2[nH]c3ccccc3c2CCN(C)C1. The van der Waals surface area contributed by atoms with Gasteiger partial charge in [0.15, 0.2) is 44.3 Å². The number of nitrogens with two attached hydrogens (primary N) is 1. The second-order valence-electron chi connectivity index (χ2n) is 36.8. The summed E-state index contributed by atoms with van der Waals surface area (Å²) in [6.07, 6.45) is 14.1.